The van der Waals surface area contributed by atoms with Gasteiger partial charge in [0.05, 0.1) is 5.56 Å². The quantitative estimate of drug-likeness (QED) is 0.917. The number of carboxylic acid groups (broad SMARTS) is 1. The zero-order valence-electron chi connectivity index (χ0n) is 12.6. The molecule has 23 heavy (non-hydrogen) atoms. The normalized spacial score (nSPS) is 11.9. The van der Waals surface area contributed by atoms with E-state index < -0.39 is 17.8 Å². The molecule has 0 spiro atoms. The molecule has 1 heterocycles. The molecule has 0 bridgehead atoms. The minimum atomic E-state index is -4.49. The second-order valence-electron chi connectivity index (χ2n) is 5.35. The van der Waals surface area contributed by atoms with Crippen molar-refractivity contribution >= 4 is 5.97 Å². The van der Waals surface area contributed by atoms with Gasteiger partial charge in [0.25, 0.3) is 0 Å². The molecule has 0 aliphatic rings. The third-order valence-electron chi connectivity index (χ3n) is 3.27. The van der Waals surface area contributed by atoms with Crippen LogP contribution in [0.25, 0.3) is 0 Å². The molecule has 8 heteroatoms. The standard InChI is InChI=1S/C15H16F3N3O2/c1-20(7-10-3-5-11(6-4-10)14(22)23)8-12-9-21(2)19-13(12)15(16,17)18/h3-6,9H,7-8H2,1-2H3,(H,22,23). The SMILES string of the molecule is CN(Cc1ccc(C(=O)O)cc1)Cc1cn(C)nc1C(F)(F)F. The van der Waals surface area contributed by atoms with Gasteiger partial charge in [0.2, 0.25) is 0 Å². The van der Waals surface area contributed by atoms with Gasteiger partial charge in [-0.1, -0.05) is 12.1 Å². The van der Waals surface area contributed by atoms with Gasteiger partial charge >= 0.3 is 12.1 Å². The maximum absolute atomic E-state index is 12.9. The van der Waals surface area contributed by atoms with Gasteiger partial charge < -0.3 is 5.11 Å². The molecule has 0 saturated heterocycles. The highest BCUT2D eigenvalue weighted by Crippen LogP contribution is 2.31. The Morgan fingerprint density at radius 3 is 2.39 bits per heavy atom. The number of rotatable bonds is 5. The van der Waals surface area contributed by atoms with E-state index in [1.807, 2.05) is 0 Å². The van der Waals surface area contributed by atoms with Crippen molar-refractivity contribution in [2.24, 2.45) is 7.05 Å². The molecule has 0 amide bonds. The average molecular weight is 327 g/mol. The van der Waals surface area contributed by atoms with Gasteiger partial charge in [0, 0.05) is 31.9 Å². The van der Waals surface area contributed by atoms with Crippen LogP contribution in [0, 0.1) is 0 Å². The molecular weight excluding hydrogens is 311 g/mol. The van der Waals surface area contributed by atoms with Crippen LogP contribution < -0.4 is 0 Å². The van der Waals surface area contributed by atoms with E-state index in [4.69, 9.17) is 5.11 Å². The van der Waals surface area contributed by atoms with Crippen molar-refractivity contribution in [2.45, 2.75) is 19.3 Å². The summed E-state index contributed by atoms with van der Waals surface area (Å²) in [6.45, 7) is 0.482. The van der Waals surface area contributed by atoms with Crippen molar-refractivity contribution in [3.63, 3.8) is 0 Å². The summed E-state index contributed by atoms with van der Waals surface area (Å²) in [6, 6.07) is 6.23. The Morgan fingerprint density at radius 2 is 1.87 bits per heavy atom. The molecule has 0 unspecified atom stereocenters. The molecule has 0 atom stereocenters. The summed E-state index contributed by atoms with van der Waals surface area (Å²) in [7, 11) is 3.14. The Kier molecular flexibility index (Phi) is 4.74. The van der Waals surface area contributed by atoms with E-state index in [0.717, 1.165) is 10.2 Å². The van der Waals surface area contributed by atoms with Crippen LogP contribution in [0.5, 0.6) is 0 Å². The third kappa shape index (κ3) is 4.32. The van der Waals surface area contributed by atoms with Gasteiger partial charge in [0.1, 0.15) is 0 Å². The molecule has 1 N–H and O–H groups in total. The van der Waals surface area contributed by atoms with E-state index in [1.54, 1.807) is 24.1 Å². The number of carbonyl (C=O) groups is 1. The predicted octanol–water partition coefficient (Wildman–Crippen LogP) is 2.77. The number of hydrogen-bond donors (Lipinski definition) is 1. The number of aryl methyl sites for hydroxylation is 1. The summed E-state index contributed by atoms with van der Waals surface area (Å²) in [4.78, 5) is 12.5. The number of alkyl halides is 3. The van der Waals surface area contributed by atoms with Crippen LogP contribution in [0.1, 0.15) is 27.2 Å². The van der Waals surface area contributed by atoms with E-state index in [-0.39, 0.29) is 17.7 Å². The van der Waals surface area contributed by atoms with Crippen LogP contribution in [-0.4, -0.2) is 32.8 Å². The van der Waals surface area contributed by atoms with Crippen LogP contribution in [-0.2, 0) is 26.3 Å². The first-order chi connectivity index (χ1) is 10.7. The molecule has 5 nitrogen and oxygen atoms in total. The molecular formula is C15H16F3N3O2. The third-order valence-corrected chi connectivity index (χ3v) is 3.27. The van der Waals surface area contributed by atoms with E-state index in [0.29, 0.717) is 6.54 Å². The molecule has 2 rings (SSSR count). The lowest BCUT2D eigenvalue weighted by atomic mass is 10.1. The van der Waals surface area contributed by atoms with E-state index in [2.05, 4.69) is 5.10 Å². The molecule has 124 valence electrons. The van der Waals surface area contributed by atoms with E-state index in [9.17, 15) is 18.0 Å². The average Bonchev–Trinajstić information content (AvgIpc) is 2.80. The first-order valence-electron chi connectivity index (χ1n) is 6.77. The van der Waals surface area contributed by atoms with Gasteiger partial charge in [-0.15, -0.1) is 0 Å². The zero-order valence-corrected chi connectivity index (χ0v) is 12.6. The van der Waals surface area contributed by atoms with Gasteiger partial charge in [-0.2, -0.15) is 18.3 Å². The molecule has 1 aromatic carbocycles. The Bertz CT molecular complexity index is 693. The van der Waals surface area contributed by atoms with Gasteiger partial charge in [-0.05, 0) is 24.7 Å². The minimum Gasteiger partial charge on any atom is -0.478 e. The van der Waals surface area contributed by atoms with Crippen LogP contribution in [0.4, 0.5) is 13.2 Å². The van der Waals surface area contributed by atoms with Crippen LogP contribution >= 0.6 is 0 Å². The predicted molar refractivity (Wildman–Crippen MR) is 76.8 cm³/mol. The van der Waals surface area contributed by atoms with Crippen molar-refractivity contribution < 1.29 is 23.1 Å². The van der Waals surface area contributed by atoms with Crippen molar-refractivity contribution in [3.8, 4) is 0 Å². The van der Waals surface area contributed by atoms with Crippen LogP contribution in [0.3, 0.4) is 0 Å². The fourth-order valence-electron chi connectivity index (χ4n) is 2.30. The number of carboxylic acids is 1. The van der Waals surface area contributed by atoms with E-state index >= 15 is 0 Å². The summed E-state index contributed by atoms with van der Waals surface area (Å²) in [5.41, 5.74) is 0.204. The summed E-state index contributed by atoms with van der Waals surface area (Å²) in [5.74, 6) is -1.02. The second kappa shape index (κ2) is 6.41. The maximum Gasteiger partial charge on any atom is 0.435 e. The molecule has 0 fully saturated rings. The largest absolute Gasteiger partial charge is 0.478 e. The van der Waals surface area contributed by atoms with Crippen LogP contribution in [0.15, 0.2) is 30.5 Å². The van der Waals surface area contributed by atoms with Crippen molar-refractivity contribution in [1.82, 2.24) is 14.7 Å². The second-order valence-corrected chi connectivity index (χ2v) is 5.35. The Hall–Kier alpha value is -2.35. The monoisotopic (exact) mass is 327 g/mol. The number of benzene rings is 1. The topological polar surface area (TPSA) is 58.4 Å². The Morgan fingerprint density at radius 1 is 1.26 bits per heavy atom. The summed E-state index contributed by atoms with van der Waals surface area (Å²) in [5, 5.41) is 12.3. The van der Waals surface area contributed by atoms with Crippen LogP contribution in [0.2, 0.25) is 0 Å². The first kappa shape index (κ1) is 17.0. The summed E-state index contributed by atoms with van der Waals surface area (Å²) < 4.78 is 39.9. The molecule has 0 radical (unpaired) electrons. The summed E-state index contributed by atoms with van der Waals surface area (Å²) in [6.07, 6.45) is -3.13. The highest BCUT2D eigenvalue weighted by atomic mass is 19.4. The molecule has 0 saturated carbocycles. The van der Waals surface area contributed by atoms with Crippen molar-refractivity contribution in [3.05, 3.63) is 52.8 Å². The first-order valence-corrected chi connectivity index (χ1v) is 6.77. The number of hydrogen-bond acceptors (Lipinski definition) is 3. The smallest absolute Gasteiger partial charge is 0.435 e. The number of aromatic carboxylic acids is 1. The molecule has 1 aromatic heterocycles. The molecule has 2 aromatic rings. The minimum absolute atomic E-state index is 0.0867. The van der Waals surface area contributed by atoms with Gasteiger partial charge in [0.15, 0.2) is 5.69 Å². The fraction of sp³-hybridized carbons (Fsp3) is 0.333. The zero-order chi connectivity index (χ0) is 17.2. The Balaban J connectivity index is 2.08. The Labute approximate surface area is 130 Å². The van der Waals surface area contributed by atoms with Crippen molar-refractivity contribution in [1.29, 1.82) is 0 Å². The highest BCUT2D eigenvalue weighted by molar-refractivity contribution is 5.87. The maximum atomic E-state index is 12.9. The van der Waals surface area contributed by atoms with Gasteiger partial charge in [-0.25, -0.2) is 4.79 Å². The summed E-state index contributed by atoms with van der Waals surface area (Å²) >= 11 is 0. The fourth-order valence-corrected chi connectivity index (χ4v) is 2.30. The molecule has 0 aliphatic heterocycles. The van der Waals surface area contributed by atoms with Crippen molar-refractivity contribution in [2.75, 3.05) is 7.05 Å². The number of nitrogens with zero attached hydrogens (tertiary/aromatic N) is 3. The number of aromatic nitrogens is 2. The molecule has 0 aliphatic carbocycles. The number of halogens is 3. The lowest BCUT2D eigenvalue weighted by Crippen LogP contribution is -2.19. The van der Waals surface area contributed by atoms with Gasteiger partial charge in [-0.3, -0.25) is 9.58 Å². The lowest BCUT2D eigenvalue weighted by molar-refractivity contribution is -0.142. The lowest BCUT2D eigenvalue weighted by Gasteiger charge is -2.17. The van der Waals surface area contributed by atoms with E-state index in [1.165, 1.54) is 25.4 Å². The highest BCUT2D eigenvalue weighted by Gasteiger charge is 2.36.